The third-order valence-electron chi connectivity index (χ3n) is 4.31. The number of hydrazone groups is 1. The van der Waals surface area contributed by atoms with Gasteiger partial charge in [-0.3, -0.25) is 9.10 Å². The minimum absolute atomic E-state index is 0.227. The second-order valence-corrected chi connectivity index (χ2v) is 9.67. The van der Waals surface area contributed by atoms with E-state index in [-0.39, 0.29) is 5.15 Å². The minimum Gasteiger partial charge on any atom is -0.271 e. The molecule has 0 unspecified atom stereocenters. The van der Waals surface area contributed by atoms with Gasteiger partial charge in [-0.05, 0) is 47.1 Å². The largest absolute Gasteiger partial charge is 0.271 e. The Morgan fingerprint density at radius 1 is 1.23 bits per heavy atom. The third-order valence-corrected chi connectivity index (χ3v) is 6.39. The van der Waals surface area contributed by atoms with E-state index in [2.05, 4.69) is 31.6 Å². The highest BCUT2D eigenvalue weighted by Gasteiger charge is 2.22. The normalized spacial score (nSPS) is 11.6. The monoisotopic (exact) mass is 523 g/mol. The Morgan fingerprint density at radius 2 is 1.87 bits per heavy atom. The molecule has 31 heavy (non-hydrogen) atoms. The number of halogens is 2. The molecule has 0 aliphatic heterocycles. The number of hydrogen-bond acceptors (Lipinski definition) is 5. The number of para-hydroxylation sites is 2. The van der Waals surface area contributed by atoms with E-state index in [1.165, 1.54) is 6.21 Å². The van der Waals surface area contributed by atoms with Crippen LogP contribution in [0.25, 0.3) is 5.69 Å². The van der Waals surface area contributed by atoms with E-state index in [4.69, 9.17) is 11.6 Å². The number of nitrogens with zero attached hydrogens (tertiary/aromatic N) is 4. The molecule has 0 saturated heterocycles. The van der Waals surface area contributed by atoms with Gasteiger partial charge in [0.05, 0.1) is 35.1 Å². The predicted octanol–water partition coefficient (Wildman–Crippen LogP) is 3.51. The number of rotatable bonds is 7. The average molecular weight is 525 g/mol. The van der Waals surface area contributed by atoms with Crippen LogP contribution < -0.4 is 9.73 Å². The number of benzene rings is 2. The van der Waals surface area contributed by atoms with Crippen LogP contribution in [-0.2, 0) is 14.8 Å². The van der Waals surface area contributed by atoms with Gasteiger partial charge in [-0.25, -0.2) is 18.5 Å². The summed E-state index contributed by atoms with van der Waals surface area (Å²) < 4.78 is 27.6. The van der Waals surface area contributed by atoms with Gasteiger partial charge in [0.15, 0.2) is 5.15 Å². The number of hydrogen-bond donors (Lipinski definition) is 1. The fraction of sp³-hybridized carbons (Fsp3) is 0.150. The summed E-state index contributed by atoms with van der Waals surface area (Å²) in [7, 11) is -3.70. The van der Waals surface area contributed by atoms with Gasteiger partial charge in [0.2, 0.25) is 10.0 Å². The van der Waals surface area contributed by atoms with Gasteiger partial charge in [0.25, 0.3) is 5.91 Å². The van der Waals surface area contributed by atoms with Gasteiger partial charge in [-0.2, -0.15) is 10.2 Å². The summed E-state index contributed by atoms with van der Waals surface area (Å²) in [6.45, 7) is 1.39. The quantitative estimate of drug-likeness (QED) is 0.378. The maximum absolute atomic E-state index is 12.4. The molecule has 1 amide bonds. The van der Waals surface area contributed by atoms with Crippen molar-refractivity contribution in [2.24, 2.45) is 5.10 Å². The van der Waals surface area contributed by atoms with Crippen LogP contribution in [0.5, 0.6) is 0 Å². The van der Waals surface area contributed by atoms with Crippen molar-refractivity contribution in [3.05, 3.63) is 75.5 Å². The summed E-state index contributed by atoms with van der Waals surface area (Å²) in [6, 6.07) is 16.2. The SMILES string of the molecule is Cc1c(/C=N\NC(=O)CN(c2ccccc2Br)S(C)(=O)=O)c(Cl)nn1-c1ccccc1. The molecule has 11 heteroatoms. The zero-order chi connectivity index (χ0) is 22.6. The lowest BCUT2D eigenvalue weighted by Gasteiger charge is -2.22. The first-order valence-electron chi connectivity index (χ1n) is 9.03. The maximum Gasteiger partial charge on any atom is 0.260 e. The summed E-state index contributed by atoms with van der Waals surface area (Å²) in [5.41, 5.74) is 4.80. The molecule has 3 aromatic rings. The molecule has 0 bridgehead atoms. The number of aromatic nitrogens is 2. The van der Waals surface area contributed by atoms with E-state index in [0.717, 1.165) is 21.9 Å². The van der Waals surface area contributed by atoms with Crippen molar-refractivity contribution in [3.63, 3.8) is 0 Å². The van der Waals surface area contributed by atoms with Gasteiger partial charge < -0.3 is 0 Å². The van der Waals surface area contributed by atoms with Gasteiger partial charge in [0.1, 0.15) is 6.54 Å². The average Bonchev–Trinajstić information content (AvgIpc) is 3.01. The molecule has 0 fully saturated rings. The number of sulfonamides is 1. The Balaban J connectivity index is 1.75. The maximum atomic E-state index is 12.4. The second kappa shape index (κ2) is 9.63. The zero-order valence-corrected chi connectivity index (χ0v) is 19.8. The summed E-state index contributed by atoms with van der Waals surface area (Å²) in [6.07, 6.45) is 2.41. The standard InChI is InChI=1S/C20H19BrClN5O3S/c1-14-16(20(22)25-27(14)15-8-4-3-5-9-15)12-23-24-19(28)13-26(31(2,29)30)18-11-7-6-10-17(18)21/h3-12H,13H2,1-2H3,(H,24,28)/b23-12-. The third kappa shape index (κ3) is 5.52. The molecule has 8 nitrogen and oxygen atoms in total. The summed E-state index contributed by atoms with van der Waals surface area (Å²) in [4.78, 5) is 12.4. The van der Waals surface area contributed by atoms with Crippen LogP contribution in [0.2, 0.25) is 5.15 Å². The molecule has 0 atom stereocenters. The first kappa shape index (κ1) is 23.0. The highest BCUT2D eigenvalue weighted by Crippen LogP contribution is 2.27. The van der Waals surface area contributed by atoms with Crippen molar-refractivity contribution >= 4 is 55.4 Å². The van der Waals surface area contributed by atoms with E-state index in [1.54, 1.807) is 28.9 Å². The number of amides is 1. The topological polar surface area (TPSA) is 96.7 Å². The Morgan fingerprint density at radius 3 is 2.52 bits per heavy atom. The lowest BCUT2D eigenvalue weighted by molar-refractivity contribution is -0.119. The van der Waals surface area contributed by atoms with Crippen LogP contribution in [0.1, 0.15) is 11.3 Å². The van der Waals surface area contributed by atoms with Crippen molar-refractivity contribution in [1.82, 2.24) is 15.2 Å². The van der Waals surface area contributed by atoms with E-state index < -0.39 is 22.5 Å². The van der Waals surface area contributed by atoms with Crippen LogP contribution >= 0.6 is 27.5 Å². The van der Waals surface area contributed by atoms with E-state index in [9.17, 15) is 13.2 Å². The minimum atomic E-state index is -3.70. The van der Waals surface area contributed by atoms with Gasteiger partial charge in [-0.15, -0.1) is 0 Å². The molecule has 1 aromatic heterocycles. The molecule has 3 rings (SSSR count). The molecule has 162 valence electrons. The molecule has 0 aliphatic rings. The smallest absolute Gasteiger partial charge is 0.260 e. The van der Waals surface area contributed by atoms with Crippen LogP contribution in [-0.4, -0.2) is 43.1 Å². The molecule has 0 spiro atoms. The molecule has 1 N–H and O–H groups in total. The van der Waals surface area contributed by atoms with Crippen LogP contribution in [0.3, 0.4) is 0 Å². The second-order valence-electron chi connectivity index (χ2n) is 6.55. The fourth-order valence-corrected chi connectivity index (χ4v) is 4.56. The van der Waals surface area contributed by atoms with Crippen LogP contribution in [0, 0.1) is 6.92 Å². The first-order valence-corrected chi connectivity index (χ1v) is 12.0. The zero-order valence-electron chi connectivity index (χ0n) is 16.7. The molecule has 0 radical (unpaired) electrons. The Bertz CT molecular complexity index is 1230. The number of carbonyl (C=O) groups excluding carboxylic acids is 1. The number of carbonyl (C=O) groups is 1. The lowest BCUT2D eigenvalue weighted by atomic mass is 10.2. The molecule has 0 aliphatic carbocycles. The summed E-state index contributed by atoms with van der Waals surface area (Å²) in [5.74, 6) is -0.610. The molecular formula is C20H19BrClN5O3S. The van der Waals surface area contributed by atoms with Gasteiger partial charge >= 0.3 is 0 Å². The number of anilines is 1. The van der Waals surface area contributed by atoms with Gasteiger partial charge in [-0.1, -0.05) is 41.9 Å². The summed E-state index contributed by atoms with van der Waals surface area (Å²) >= 11 is 9.54. The van der Waals surface area contributed by atoms with Crippen molar-refractivity contribution < 1.29 is 13.2 Å². The van der Waals surface area contributed by atoms with E-state index in [1.807, 2.05) is 37.3 Å². The highest BCUT2D eigenvalue weighted by atomic mass is 79.9. The van der Waals surface area contributed by atoms with E-state index in [0.29, 0.717) is 15.7 Å². The van der Waals surface area contributed by atoms with Crippen molar-refractivity contribution in [2.45, 2.75) is 6.92 Å². The van der Waals surface area contributed by atoms with E-state index >= 15 is 0 Å². The highest BCUT2D eigenvalue weighted by molar-refractivity contribution is 9.10. The predicted molar refractivity (Wildman–Crippen MR) is 125 cm³/mol. The molecule has 1 heterocycles. The molecule has 0 saturated carbocycles. The summed E-state index contributed by atoms with van der Waals surface area (Å²) in [5, 5.41) is 8.45. The number of nitrogens with one attached hydrogen (secondary N) is 1. The van der Waals surface area contributed by atoms with Crippen molar-refractivity contribution in [3.8, 4) is 5.69 Å². The lowest BCUT2D eigenvalue weighted by Crippen LogP contribution is -2.39. The Kier molecular flexibility index (Phi) is 7.14. The fourth-order valence-electron chi connectivity index (χ4n) is 2.82. The molecule has 2 aromatic carbocycles. The van der Waals surface area contributed by atoms with Crippen LogP contribution in [0.4, 0.5) is 5.69 Å². The Hall–Kier alpha value is -2.69. The van der Waals surface area contributed by atoms with Gasteiger partial charge in [0, 0.05) is 4.47 Å². The Labute approximate surface area is 193 Å². The molecular weight excluding hydrogens is 506 g/mol. The van der Waals surface area contributed by atoms with Crippen LogP contribution in [0.15, 0.2) is 64.2 Å². The van der Waals surface area contributed by atoms with Crippen molar-refractivity contribution in [2.75, 3.05) is 17.1 Å². The first-order chi connectivity index (χ1) is 14.7. The van der Waals surface area contributed by atoms with Crippen molar-refractivity contribution in [1.29, 1.82) is 0 Å².